The summed E-state index contributed by atoms with van der Waals surface area (Å²) in [4.78, 5) is 11.7. The molecule has 0 saturated carbocycles. The number of hydrogen-bond acceptors (Lipinski definition) is 4. The van der Waals surface area contributed by atoms with E-state index < -0.39 is 41.2 Å². The van der Waals surface area contributed by atoms with Crippen LogP contribution in [0, 0.1) is 26.6 Å². The maximum Gasteiger partial charge on any atom is 0.419 e. The number of carbonyl (C=O) groups excluding carboxylic acids is 1. The molecule has 1 atom stereocenters. The molecular weight excluding hydrogens is 390 g/mol. The van der Waals surface area contributed by atoms with Crippen molar-refractivity contribution < 1.29 is 32.2 Å². The number of nitrogens with two attached hydrogens (primary N) is 1. The molecule has 0 amide bonds. The van der Waals surface area contributed by atoms with Crippen LogP contribution in [-0.4, -0.2) is 17.7 Å². The average Bonchev–Trinajstić information content (AvgIpc) is 2.53. The Bertz CT molecular complexity index is 913. The lowest BCUT2D eigenvalue weighted by Gasteiger charge is -2.26. The van der Waals surface area contributed by atoms with Gasteiger partial charge in [0.25, 0.3) is 0 Å². The number of alkyl halides is 3. The highest BCUT2D eigenvalue weighted by Crippen LogP contribution is 2.40. The molecule has 0 unspecified atom stereocenters. The number of ether oxygens (including phenoxy) is 1. The molecular formula is C21H23F4NO3. The molecule has 0 heterocycles. The molecule has 0 radical (unpaired) electrons. The topological polar surface area (TPSA) is 72.5 Å². The van der Waals surface area contributed by atoms with Crippen molar-refractivity contribution in [3.63, 3.8) is 0 Å². The van der Waals surface area contributed by atoms with Crippen LogP contribution in [0.3, 0.4) is 0 Å². The van der Waals surface area contributed by atoms with Gasteiger partial charge < -0.3 is 9.84 Å². The highest BCUT2D eigenvalue weighted by atomic mass is 19.4. The largest absolute Gasteiger partial charge is 0.466 e. The molecule has 0 bridgehead atoms. The number of hydrogen-bond donors (Lipinski definition) is 2. The smallest absolute Gasteiger partial charge is 0.419 e. The van der Waals surface area contributed by atoms with Crippen LogP contribution in [0.2, 0.25) is 0 Å². The predicted octanol–water partition coefficient (Wildman–Crippen LogP) is 4.49. The molecule has 0 aliphatic rings. The summed E-state index contributed by atoms with van der Waals surface area (Å²) in [6, 6.07) is 5.30. The van der Waals surface area contributed by atoms with E-state index in [4.69, 9.17) is 5.73 Å². The summed E-state index contributed by atoms with van der Waals surface area (Å²) in [5.41, 5.74) is 3.38. The Morgan fingerprint density at radius 2 is 1.59 bits per heavy atom. The number of aliphatic hydroxyl groups is 1. The van der Waals surface area contributed by atoms with Crippen molar-refractivity contribution in [1.29, 1.82) is 0 Å². The van der Waals surface area contributed by atoms with Crippen molar-refractivity contribution in [2.75, 3.05) is 6.61 Å². The first-order valence-corrected chi connectivity index (χ1v) is 8.94. The van der Waals surface area contributed by atoms with E-state index in [9.17, 15) is 27.5 Å². The van der Waals surface area contributed by atoms with E-state index in [1.54, 1.807) is 26.0 Å². The van der Waals surface area contributed by atoms with Gasteiger partial charge in [-0.2, -0.15) is 13.2 Å². The minimum atomic E-state index is -5.03. The molecule has 0 saturated heterocycles. The Labute approximate surface area is 166 Å². The molecule has 0 spiro atoms. The second-order valence-electron chi connectivity index (χ2n) is 7.06. The lowest BCUT2D eigenvalue weighted by molar-refractivity contribution is -0.149. The van der Waals surface area contributed by atoms with Gasteiger partial charge in [-0.05, 0) is 62.1 Å². The molecule has 29 heavy (non-hydrogen) atoms. The summed E-state index contributed by atoms with van der Waals surface area (Å²) in [7, 11) is 0. The Kier molecular flexibility index (Phi) is 6.39. The van der Waals surface area contributed by atoms with Crippen molar-refractivity contribution in [1.82, 2.24) is 0 Å². The van der Waals surface area contributed by atoms with E-state index >= 15 is 0 Å². The van der Waals surface area contributed by atoms with Crippen LogP contribution in [-0.2, 0) is 21.4 Å². The zero-order valence-electron chi connectivity index (χ0n) is 16.6. The Morgan fingerprint density at radius 3 is 2.07 bits per heavy atom. The number of halogens is 4. The summed E-state index contributed by atoms with van der Waals surface area (Å²) >= 11 is 0. The first-order chi connectivity index (χ1) is 13.3. The third-order valence-corrected chi connectivity index (χ3v) is 4.53. The van der Waals surface area contributed by atoms with Gasteiger partial charge in [-0.1, -0.05) is 17.7 Å². The highest BCUT2D eigenvalue weighted by molar-refractivity contribution is 5.74. The molecule has 0 aliphatic heterocycles. The third kappa shape index (κ3) is 4.94. The maximum atomic E-state index is 14.7. The average molecular weight is 413 g/mol. The molecule has 8 heteroatoms. The number of aryl methyl sites for hydroxylation is 3. The van der Waals surface area contributed by atoms with Gasteiger partial charge in [-0.25, -0.2) is 4.39 Å². The Balaban J connectivity index is 2.76. The third-order valence-electron chi connectivity index (χ3n) is 4.53. The van der Waals surface area contributed by atoms with Gasteiger partial charge in [-0.3, -0.25) is 10.5 Å². The van der Waals surface area contributed by atoms with Gasteiger partial charge in [-0.15, -0.1) is 0 Å². The molecule has 2 aromatic rings. The molecule has 0 aromatic heterocycles. The van der Waals surface area contributed by atoms with Crippen LogP contribution >= 0.6 is 0 Å². The normalized spacial score (nSPS) is 13.9. The summed E-state index contributed by atoms with van der Waals surface area (Å²) < 4.78 is 59.9. The minimum absolute atomic E-state index is 0.0208. The highest BCUT2D eigenvalue weighted by Gasteiger charge is 2.40. The maximum absolute atomic E-state index is 14.7. The first kappa shape index (κ1) is 22.8. The van der Waals surface area contributed by atoms with Gasteiger partial charge in [0.2, 0.25) is 0 Å². The van der Waals surface area contributed by atoms with Gasteiger partial charge in [0.1, 0.15) is 5.82 Å². The predicted molar refractivity (Wildman–Crippen MR) is 100 cm³/mol. The zero-order chi connectivity index (χ0) is 22.1. The second-order valence-corrected chi connectivity index (χ2v) is 7.06. The van der Waals surface area contributed by atoms with Crippen LogP contribution < -0.4 is 5.73 Å². The fraction of sp³-hybridized carbons (Fsp3) is 0.381. The molecule has 158 valence electrons. The van der Waals surface area contributed by atoms with Gasteiger partial charge in [0.05, 0.1) is 18.6 Å². The van der Waals surface area contributed by atoms with Crippen molar-refractivity contribution in [3.8, 4) is 11.1 Å². The van der Waals surface area contributed by atoms with Crippen LogP contribution in [0.25, 0.3) is 11.1 Å². The fourth-order valence-electron chi connectivity index (χ4n) is 3.45. The number of benzene rings is 2. The Hall–Kier alpha value is -2.45. The van der Waals surface area contributed by atoms with Crippen molar-refractivity contribution in [3.05, 3.63) is 57.9 Å². The van der Waals surface area contributed by atoms with Gasteiger partial charge in [0, 0.05) is 5.56 Å². The van der Waals surface area contributed by atoms with E-state index in [1.807, 2.05) is 6.92 Å². The minimum Gasteiger partial charge on any atom is -0.466 e. The second kappa shape index (κ2) is 8.12. The van der Waals surface area contributed by atoms with Gasteiger partial charge in [0.15, 0.2) is 5.72 Å². The van der Waals surface area contributed by atoms with Crippen molar-refractivity contribution in [2.45, 2.75) is 46.0 Å². The van der Waals surface area contributed by atoms with Gasteiger partial charge >= 0.3 is 12.1 Å². The summed E-state index contributed by atoms with van der Waals surface area (Å²) in [6.45, 7) is 6.78. The SMILES string of the molecule is CCOC(=O)C[C@@](N)(O)c1cc(-c2c(C)cc(C)cc2C)cc(C(F)(F)F)c1F. The number of rotatable bonds is 5. The van der Waals surface area contributed by atoms with E-state index in [0.29, 0.717) is 22.8 Å². The zero-order valence-corrected chi connectivity index (χ0v) is 16.6. The summed E-state index contributed by atoms with van der Waals surface area (Å²) in [5, 5.41) is 10.5. The summed E-state index contributed by atoms with van der Waals surface area (Å²) in [6.07, 6.45) is -5.92. The van der Waals surface area contributed by atoms with Crippen LogP contribution in [0.5, 0.6) is 0 Å². The van der Waals surface area contributed by atoms with E-state index in [0.717, 1.165) is 11.6 Å². The van der Waals surface area contributed by atoms with Crippen LogP contribution in [0.15, 0.2) is 24.3 Å². The Morgan fingerprint density at radius 1 is 1.07 bits per heavy atom. The van der Waals surface area contributed by atoms with Crippen LogP contribution in [0.1, 0.15) is 41.2 Å². The molecule has 0 fully saturated rings. The quantitative estimate of drug-likeness (QED) is 0.430. The molecule has 3 N–H and O–H groups in total. The number of esters is 1. The standard InChI is InChI=1S/C21H23F4NO3/c1-5-29-17(27)10-20(26,28)15-8-14(9-16(19(15)22)21(23,24)25)18-12(3)6-11(2)7-13(18)4/h6-9,28H,5,10,26H2,1-4H3/t20-/m1/s1. The van der Waals surface area contributed by atoms with E-state index in [1.165, 1.54) is 6.92 Å². The fourth-order valence-corrected chi connectivity index (χ4v) is 3.45. The van der Waals surface area contributed by atoms with Crippen LogP contribution in [0.4, 0.5) is 17.6 Å². The van der Waals surface area contributed by atoms with Crippen molar-refractivity contribution >= 4 is 5.97 Å². The monoisotopic (exact) mass is 413 g/mol. The first-order valence-electron chi connectivity index (χ1n) is 8.94. The molecule has 2 rings (SSSR count). The molecule has 2 aromatic carbocycles. The molecule has 0 aliphatic carbocycles. The molecule has 4 nitrogen and oxygen atoms in total. The van der Waals surface area contributed by atoms with Crippen molar-refractivity contribution in [2.24, 2.45) is 5.73 Å². The summed E-state index contributed by atoms with van der Waals surface area (Å²) in [5.74, 6) is -2.68. The lowest BCUT2D eigenvalue weighted by Crippen LogP contribution is -2.40. The van der Waals surface area contributed by atoms with E-state index in [-0.39, 0.29) is 12.2 Å². The lowest BCUT2D eigenvalue weighted by atomic mass is 9.88. The van der Waals surface area contributed by atoms with E-state index in [2.05, 4.69) is 4.74 Å². The number of carbonyl (C=O) groups is 1.